The Labute approximate surface area is 151 Å². The van der Waals surface area contributed by atoms with Crippen LogP contribution in [0.25, 0.3) is 21.5 Å². The van der Waals surface area contributed by atoms with Crippen LogP contribution in [0.5, 0.6) is 0 Å². The number of aromatic nitrogens is 2. The predicted molar refractivity (Wildman–Crippen MR) is 104 cm³/mol. The molecule has 25 heavy (non-hydrogen) atoms. The summed E-state index contributed by atoms with van der Waals surface area (Å²) in [7, 11) is 2.13. The van der Waals surface area contributed by atoms with Crippen molar-refractivity contribution in [1.29, 1.82) is 0 Å². The average Bonchev–Trinajstić information content (AvgIpc) is 3.10. The number of fused-ring (bicyclic) bond motifs is 1. The number of nitrogens with zero attached hydrogens (tertiary/aromatic N) is 3. The van der Waals surface area contributed by atoms with Gasteiger partial charge in [-0.2, -0.15) is 0 Å². The van der Waals surface area contributed by atoms with Gasteiger partial charge in [-0.05, 0) is 41.6 Å². The normalized spacial score (nSPS) is 11.3. The molecule has 4 aromatic rings. The highest BCUT2D eigenvalue weighted by Gasteiger charge is 2.08. The van der Waals surface area contributed by atoms with Crippen molar-refractivity contribution in [3.05, 3.63) is 83.5 Å². The quantitative estimate of drug-likeness (QED) is 0.510. The second-order valence-electron chi connectivity index (χ2n) is 6.21. The highest BCUT2D eigenvalue weighted by molar-refractivity contribution is 7.13. The second kappa shape index (κ2) is 7.13. The maximum atomic E-state index is 4.73. The number of pyridine rings is 1. The fraction of sp³-hybridized carbons (Fsp3) is 0.143. The summed E-state index contributed by atoms with van der Waals surface area (Å²) in [6.45, 7) is 1.73. The molecular weight excluding hydrogens is 326 g/mol. The van der Waals surface area contributed by atoms with Gasteiger partial charge in [0.1, 0.15) is 5.01 Å². The molecule has 0 N–H and O–H groups in total. The minimum Gasteiger partial charge on any atom is -0.296 e. The molecule has 0 saturated carbocycles. The summed E-state index contributed by atoms with van der Waals surface area (Å²) >= 11 is 1.65. The van der Waals surface area contributed by atoms with E-state index in [-0.39, 0.29) is 0 Å². The highest BCUT2D eigenvalue weighted by Crippen LogP contribution is 2.22. The molecule has 4 rings (SSSR count). The summed E-state index contributed by atoms with van der Waals surface area (Å²) in [6.07, 6.45) is 1.81. The first-order valence-electron chi connectivity index (χ1n) is 8.30. The van der Waals surface area contributed by atoms with E-state index >= 15 is 0 Å². The van der Waals surface area contributed by atoms with Crippen LogP contribution in [0.3, 0.4) is 0 Å². The molecule has 0 radical (unpaired) electrons. The summed E-state index contributed by atoms with van der Waals surface area (Å²) in [5.41, 5.74) is 3.35. The van der Waals surface area contributed by atoms with Crippen LogP contribution in [-0.4, -0.2) is 21.9 Å². The lowest BCUT2D eigenvalue weighted by atomic mass is 10.1. The molecule has 0 amide bonds. The molecule has 124 valence electrons. The monoisotopic (exact) mass is 345 g/mol. The Balaban J connectivity index is 1.45. The topological polar surface area (TPSA) is 29.0 Å². The van der Waals surface area contributed by atoms with Gasteiger partial charge in [0.15, 0.2) is 0 Å². The van der Waals surface area contributed by atoms with Crippen LogP contribution >= 0.6 is 11.3 Å². The minimum absolute atomic E-state index is 0.830. The third-order valence-electron chi connectivity index (χ3n) is 4.13. The third-order valence-corrected chi connectivity index (χ3v) is 5.05. The highest BCUT2D eigenvalue weighted by atomic mass is 32.1. The molecule has 0 spiro atoms. The van der Waals surface area contributed by atoms with Gasteiger partial charge in [-0.3, -0.25) is 9.88 Å². The summed E-state index contributed by atoms with van der Waals surface area (Å²) in [4.78, 5) is 11.4. The van der Waals surface area contributed by atoms with Gasteiger partial charge in [-0.15, -0.1) is 11.3 Å². The molecular formula is C21H19N3S. The van der Waals surface area contributed by atoms with Crippen molar-refractivity contribution in [3.8, 4) is 10.7 Å². The van der Waals surface area contributed by atoms with Crippen LogP contribution < -0.4 is 0 Å². The van der Waals surface area contributed by atoms with E-state index in [9.17, 15) is 0 Å². The first-order chi connectivity index (χ1) is 12.3. The third kappa shape index (κ3) is 3.76. The first kappa shape index (κ1) is 15.9. The minimum atomic E-state index is 0.830. The van der Waals surface area contributed by atoms with Crippen molar-refractivity contribution < 1.29 is 0 Å². The van der Waals surface area contributed by atoms with Gasteiger partial charge >= 0.3 is 0 Å². The molecule has 2 aromatic heterocycles. The molecule has 0 unspecified atom stereocenters. The number of hydrogen-bond donors (Lipinski definition) is 0. The lowest BCUT2D eigenvalue weighted by Gasteiger charge is -2.15. The van der Waals surface area contributed by atoms with Crippen molar-refractivity contribution in [3.63, 3.8) is 0 Å². The lowest BCUT2D eigenvalue weighted by molar-refractivity contribution is 0.316. The molecule has 2 aromatic carbocycles. The zero-order chi connectivity index (χ0) is 17.1. The number of hydrogen-bond acceptors (Lipinski definition) is 4. The predicted octanol–water partition coefficient (Wildman–Crippen LogP) is 4.99. The second-order valence-corrected chi connectivity index (χ2v) is 7.07. The number of thiazole rings is 1. The van der Waals surface area contributed by atoms with E-state index < -0.39 is 0 Å². The Morgan fingerprint density at radius 2 is 1.76 bits per heavy atom. The molecule has 0 aliphatic heterocycles. The van der Waals surface area contributed by atoms with Crippen molar-refractivity contribution in [1.82, 2.24) is 14.9 Å². The van der Waals surface area contributed by atoms with E-state index in [1.54, 1.807) is 11.3 Å². The van der Waals surface area contributed by atoms with Crippen LogP contribution in [0, 0.1) is 0 Å². The van der Waals surface area contributed by atoms with E-state index in [1.165, 1.54) is 16.3 Å². The maximum absolute atomic E-state index is 4.73. The van der Waals surface area contributed by atoms with Gasteiger partial charge in [0.25, 0.3) is 0 Å². The Morgan fingerprint density at radius 3 is 2.60 bits per heavy atom. The smallest absolute Gasteiger partial charge is 0.142 e. The SMILES string of the molecule is CN(Cc1ccc2ccccc2c1)Cc1csc(-c2ccccn2)n1. The number of rotatable bonds is 5. The summed E-state index contributed by atoms with van der Waals surface area (Å²) in [5.74, 6) is 0. The van der Waals surface area contributed by atoms with Crippen LogP contribution in [0.4, 0.5) is 0 Å². The first-order valence-corrected chi connectivity index (χ1v) is 9.18. The number of benzene rings is 2. The molecule has 0 aliphatic carbocycles. The lowest BCUT2D eigenvalue weighted by Crippen LogP contribution is -2.17. The molecule has 4 heteroatoms. The fourth-order valence-electron chi connectivity index (χ4n) is 2.97. The van der Waals surface area contributed by atoms with Gasteiger partial charge in [-0.1, -0.05) is 42.5 Å². The molecule has 3 nitrogen and oxygen atoms in total. The summed E-state index contributed by atoms with van der Waals surface area (Å²) in [6, 6.07) is 21.1. The van der Waals surface area contributed by atoms with E-state index in [4.69, 9.17) is 4.98 Å². The Kier molecular flexibility index (Phi) is 4.55. The van der Waals surface area contributed by atoms with E-state index in [1.807, 2.05) is 24.4 Å². The van der Waals surface area contributed by atoms with Crippen molar-refractivity contribution >= 4 is 22.1 Å². The van der Waals surface area contributed by atoms with E-state index in [0.29, 0.717) is 0 Å². The van der Waals surface area contributed by atoms with Crippen molar-refractivity contribution in [2.45, 2.75) is 13.1 Å². The standard InChI is InChI=1S/C21H19N3S/c1-24(13-16-9-10-17-6-2-3-7-18(17)12-16)14-19-15-25-21(23-19)20-8-4-5-11-22-20/h2-12,15H,13-14H2,1H3. The van der Waals surface area contributed by atoms with Gasteiger partial charge in [0, 0.05) is 24.7 Å². The molecule has 0 fully saturated rings. The average molecular weight is 345 g/mol. The fourth-order valence-corrected chi connectivity index (χ4v) is 3.75. The Hall–Kier alpha value is -2.56. The van der Waals surface area contributed by atoms with Crippen LogP contribution in [-0.2, 0) is 13.1 Å². The van der Waals surface area contributed by atoms with Gasteiger partial charge in [-0.25, -0.2) is 4.98 Å². The zero-order valence-electron chi connectivity index (χ0n) is 14.1. The van der Waals surface area contributed by atoms with Crippen molar-refractivity contribution in [2.24, 2.45) is 0 Å². The maximum Gasteiger partial charge on any atom is 0.142 e. The van der Waals surface area contributed by atoms with Crippen LogP contribution in [0.15, 0.2) is 72.2 Å². The van der Waals surface area contributed by atoms with E-state index in [0.717, 1.165) is 29.5 Å². The largest absolute Gasteiger partial charge is 0.296 e. The molecule has 0 bridgehead atoms. The zero-order valence-corrected chi connectivity index (χ0v) is 14.9. The van der Waals surface area contributed by atoms with Gasteiger partial charge in [0.05, 0.1) is 11.4 Å². The Morgan fingerprint density at radius 1 is 0.920 bits per heavy atom. The van der Waals surface area contributed by atoms with Gasteiger partial charge < -0.3 is 0 Å². The van der Waals surface area contributed by atoms with Crippen molar-refractivity contribution in [2.75, 3.05) is 7.05 Å². The van der Waals surface area contributed by atoms with Crippen LogP contribution in [0.1, 0.15) is 11.3 Å². The summed E-state index contributed by atoms with van der Waals surface area (Å²) in [5, 5.41) is 5.68. The summed E-state index contributed by atoms with van der Waals surface area (Å²) < 4.78 is 0. The Bertz CT molecular complexity index is 979. The molecule has 2 heterocycles. The van der Waals surface area contributed by atoms with Crippen LogP contribution in [0.2, 0.25) is 0 Å². The molecule has 0 saturated heterocycles. The van der Waals surface area contributed by atoms with E-state index in [2.05, 4.69) is 64.8 Å². The van der Waals surface area contributed by atoms with Gasteiger partial charge in [0.2, 0.25) is 0 Å². The molecule has 0 aliphatic rings. The molecule has 0 atom stereocenters.